The van der Waals surface area contributed by atoms with E-state index in [9.17, 15) is 10.1 Å². The van der Waals surface area contributed by atoms with Gasteiger partial charge >= 0.3 is 0 Å². The van der Waals surface area contributed by atoms with Crippen LogP contribution in [0.5, 0.6) is 5.75 Å². The molecule has 1 aromatic heterocycles. The molecule has 11 heteroatoms. The Bertz CT molecular complexity index is 1270. The van der Waals surface area contributed by atoms with E-state index < -0.39 is 5.91 Å². The van der Waals surface area contributed by atoms with Crippen molar-refractivity contribution in [2.45, 2.75) is 6.04 Å². The summed E-state index contributed by atoms with van der Waals surface area (Å²) in [6.45, 7) is 5.50. The molecule has 2 aliphatic heterocycles. The summed E-state index contributed by atoms with van der Waals surface area (Å²) in [4.78, 5) is 28.8. The van der Waals surface area contributed by atoms with Crippen molar-refractivity contribution in [2.75, 3.05) is 56.2 Å². The Morgan fingerprint density at radius 2 is 1.92 bits per heavy atom. The van der Waals surface area contributed by atoms with Crippen LogP contribution in [0.1, 0.15) is 5.56 Å². The molecule has 1 amide bonds. The summed E-state index contributed by atoms with van der Waals surface area (Å²) in [6.07, 6.45) is 1.41. The Hall–Kier alpha value is -4.27. The Labute approximate surface area is 208 Å². The third-order valence-electron chi connectivity index (χ3n) is 6.24. The number of ether oxygens (including phenoxy) is 2. The van der Waals surface area contributed by atoms with Crippen LogP contribution in [0.15, 0.2) is 48.8 Å². The molecule has 2 fully saturated rings. The van der Waals surface area contributed by atoms with E-state index >= 15 is 0 Å². The molecule has 0 spiro atoms. The number of primary amides is 1. The molecule has 5 rings (SSSR count). The predicted octanol–water partition coefficient (Wildman–Crippen LogP) is 1.54. The smallest absolute Gasteiger partial charge is 0.255 e. The van der Waals surface area contributed by atoms with Gasteiger partial charge in [0.2, 0.25) is 5.95 Å². The molecule has 2 aliphatic rings. The number of carbonyl (C=O) groups is 1. The van der Waals surface area contributed by atoms with E-state index in [0.717, 1.165) is 45.1 Å². The zero-order valence-electron chi connectivity index (χ0n) is 19.6. The standard InChI is InChI=1S/C25H26N8O3/c26-12-18-11-17(1-6-22(18)36-15-23(27)34)24-28-16-29-25(31-24)30-19-2-4-20(5-3-19)32-7-9-33(10-8-32)21-13-35-14-21/h1-6,11,16,21H,7-10,13-15H2,(H2,27,34)(H,28,29,30,31). The SMILES string of the molecule is N#Cc1cc(-c2ncnc(Nc3ccc(N4CCN(C5COC5)CC4)cc3)n2)ccc1OCC(N)=O. The normalized spacial score (nSPS) is 16.1. The number of benzene rings is 2. The van der Waals surface area contributed by atoms with Crippen molar-refractivity contribution in [3.8, 4) is 23.2 Å². The molecule has 36 heavy (non-hydrogen) atoms. The Morgan fingerprint density at radius 1 is 1.14 bits per heavy atom. The average Bonchev–Trinajstić information content (AvgIpc) is 2.87. The number of nitrogens with two attached hydrogens (primary N) is 1. The highest BCUT2D eigenvalue weighted by atomic mass is 16.5. The number of hydrogen-bond donors (Lipinski definition) is 2. The number of anilines is 3. The highest BCUT2D eigenvalue weighted by Crippen LogP contribution is 2.26. The number of piperazine rings is 1. The third kappa shape index (κ3) is 5.35. The summed E-state index contributed by atoms with van der Waals surface area (Å²) < 4.78 is 10.6. The quantitative estimate of drug-likeness (QED) is 0.481. The monoisotopic (exact) mass is 486 g/mol. The highest BCUT2D eigenvalue weighted by molar-refractivity contribution is 5.75. The molecule has 0 atom stereocenters. The first-order valence-corrected chi connectivity index (χ1v) is 11.7. The van der Waals surface area contributed by atoms with E-state index in [1.165, 1.54) is 12.0 Å². The molecule has 0 unspecified atom stereocenters. The third-order valence-corrected chi connectivity index (χ3v) is 6.24. The molecule has 11 nitrogen and oxygen atoms in total. The Morgan fingerprint density at radius 3 is 2.58 bits per heavy atom. The molecule has 0 bridgehead atoms. The van der Waals surface area contributed by atoms with E-state index in [0.29, 0.717) is 23.4 Å². The van der Waals surface area contributed by atoms with Gasteiger partial charge in [-0.3, -0.25) is 9.69 Å². The van der Waals surface area contributed by atoms with Crippen LogP contribution in [0.4, 0.5) is 17.3 Å². The molecule has 184 valence electrons. The fraction of sp³-hybridized carbons (Fsp3) is 0.320. The minimum absolute atomic E-state index is 0.251. The summed E-state index contributed by atoms with van der Waals surface area (Å²) in [6, 6.07) is 15.7. The second kappa shape index (κ2) is 10.6. The van der Waals surface area contributed by atoms with Gasteiger partial charge in [-0.25, -0.2) is 9.97 Å². The summed E-state index contributed by atoms with van der Waals surface area (Å²) in [5.41, 5.74) is 8.02. The molecule has 0 aliphatic carbocycles. The lowest BCUT2D eigenvalue weighted by Gasteiger charge is -2.43. The van der Waals surface area contributed by atoms with E-state index in [2.05, 4.69) is 48.3 Å². The molecule has 3 heterocycles. The minimum atomic E-state index is -0.619. The Kier molecular flexibility index (Phi) is 6.88. The Balaban J connectivity index is 1.23. The number of carbonyl (C=O) groups excluding carboxylic acids is 1. The molecule has 0 radical (unpaired) electrons. The largest absolute Gasteiger partial charge is 0.482 e. The molecular formula is C25H26N8O3. The number of hydrogen-bond acceptors (Lipinski definition) is 10. The first kappa shape index (κ1) is 23.5. The summed E-state index contributed by atoms with van der Waals surface area (Å²) in [5.74, 6) is 0.436. The van der Waals surface area contributed by atoms with Crippen LogP contribution < -0.4 is 20.7 Å². The van der Waals surface area contributed by atoms with Gasteiger partial charge in [0.25, 0.3) is 5.91 Å². The zero-order valence-corrected chi connectivity index (χ0v) is 19.6. The average molecular weight is 487 g/mol. The maximum absolute atomic E-state index is 11.0. The number of nitrogens with one attached hydrogen (secondary N) is 1. The minimum Gasteiger partial charge on any atom is -0.482 e. The first-order chi connectivity index (χ1) is 17.6. The van der Waals surface area contributed by atoms with Gasteiger partial charge in [-0.2, -0.15) is 10.2 Å². The number of amides is 1. The van der Waals surface area contributed by atoms with Gasteiger partial charge in [0, 0.05) is 43.1 Å². The van der Waals surface area contributed by atoms with Crippen LogP contribution in [-0.4, -0.2) is 77.8 Å². The molecular weight excluding hydrogens is 460 g/mol. The fourth-order valence-corrected chi connectivity index (χ4v) is 4.19. The van der Waals surface area contributed by atoms with Crippen molar-refractivity contribution in [1.82, 2.24) is 19.9 Å². The number of nitrogens with zero attached hydrogens (tertiary/aromatic N) is 6. The van der Waals surface area contributed by atoms with Gasteiger partial charge < -0.3 is 25.4 Å². The van der Waals surface area contributed by atoms with Crippen molar-refractivity contribution in [2.24, 2.45) is 5.73 Å². The number of aromatic nitrogens is 3. The van der Waals surface area contributed by atoms with E-state index in [-0.39, 0.29) is 17.9 Å². The van der Waals surface area contributed by atoms with Crippen molar-refractivity contribution < 1.29 is 14.3 Å². The lowest BCUT2D eigenvalue weighted by Crippen LogP contribution is -2.56. The highest BCUT2D eigenvalue weighted by Gasteiger charge is 2.28. The van der Waals surface area contributed by atoms with E-state index in [1.807, 2.05) is 12.1 Å². The number of rotatable bonds is 8. The topological polar surface area (TPSA) is 143 Å². The molecule has 0 saturated carbocycles. The number of nitriles is 1. The molecule has 3 N–H and O–H groups in total. The fourth-order valence-electron chi connectivity index (χ4n) is 4.19. The van der Waals surface area contributed by atoms with Crippen LogP contribution in [0.25, 0.3) is 11.4 Å². The zero-order chi connectivity index (χ0) is 24.9. The van der Waals surface area contributed by atoms with E-state index in [4.69, 9.17) is 15.2 Å². The van der Waals surface area contributed by atoms with Gasteiger partial charge in [0.1, 0.15) is 18.1 Å². The van der Waals surface area contributed by atoms with Crippen LogP contribution >= 0.6 is 0 Å². The van der Waals surface area contributed by atoms with Gasteiger partial charge in [0.15, 0.2) is 12.4 Å². The molecule has 2 aromatic carbocycles. The second-order valence-electron chi connectivity index (χ2n) is 8.60. The van der Waals surface area contributed by atoms with Crippen LogP contribution in [0.2, 0.25) is 0 Å². The lowest BCUT2D eigenvalue weighted by atomic mass is 10.1. The predicted molar refractivity (Wildman–Crippen MR) is 133 cm³/mol. The van der Waals surface area contributed by atoms with Crippen LogP contribution in [-0.2, 0) is 9.53 Å². The van der Waals surface area contributed by atoms with Crippen LogP contribution in [0.3, 0.4) is 0 Å². The van der Waals surface area contributed by atoms with Gasteiger partial charge in [0.05, 0.1) is 24.8 Å². The first-order valence-electron chi connectivity index (χ1n) is 11.7. The van der Waals surface area contributed by atoms with Crippen molar-refractivity contribution in [3.63, 3.8) is 0 Å². The summed E-state index contributed by atoms with van der Waals surface area (Å²) >= 11 is 0. The van der Waals surface area contributed by atoms with Crippen molar-refractivity contribution in [3.05, 3.63) is 54.4 Å². The van der Waals surface area contributed by atoms with Gasteiger partial charge in [-0.05, 0) is 42.5 Å². The lowest BCUT2D eigenvalue weighted by molar-refractivity contribution is -0.119. The van der Waals surface area contributed by atoms with Gasteiger partial charge in [-0.1, -0.05) is 0 Å². The molecule has 3 aromatic rings. The van der Waals surface area contributed by atoms with Gasteiger partial charge in [-0.15, -0.1) is 0 Å². The molecule has 2 saturated heterocycles. The second-order valence-corrected chi connectivity index (χ2v) is 8.60. The summed E-state index contributed by atoms with van der Waals surface area (Å²) in [5, 5.41) is 12.7. The van der Waals surface area contributed by atoms with Crippen LogP contribution in [0, 0.1) is 11.3 Å². The van der Waals surface area contributed by atoms with Crippen molar-refractivity contribution >= 4 is 23.2 Å². The van der Waals surface area contributed by atoms with Crippen molar-refractivity contribution in [1.29, 1.82) is 5.26 Å². The maximum atomic E-state index is 11.0. The van der Waals surface area contributed by atoms with E-state index in [1.54, 1.807) is 18.2 Å². The maximum Gasteiger partial charge on any atom is 0.255 e. The summed E-state index contributed by atoms with van der Waals surface area (Å²) in [7, 11) is 0.